The first-order valence-corrected chi connectivity index (χ1v) is 6.90. The Hall–Kier alpha value is -1.70. The molecule has 1 aromatic carbocycles. The first kappa shape index (κ1) is 15.7. The number of nitro benzene ring substituents is 1. The lowest BCUT2D eigenvalue weighted by molar-refractivity contribution is -0.384. The molecule has 0 spiro atoms. The van der Waals surface area contributed by atoms with E-state index in [2.05, 4.69) is 10.2 Å². The van der Waals surface area contributed by atoms with Gasteiger partial charge in [-0.3, -0.25) is 10.1 Å². The fourth-order valence-electron chi connectivity index (χ4n) is 1.87. The summed E-state index contributed by atoms with van der Waals surface area (Å²) in [6, 6.07) is 4.28. The van der Waals surface area contributed by atoms with Gasteiger partial charge >= 0.3 is 0 Å². The summed E-state index contributed by atoms with van der Waals surface area (Å²) in [6.07, 6.45) is 0. The highest BCUT2D eigenvalue weighted by Gasteiger charge is 2.17. The van der Waals surface area contributed by atoms with Gasteiger partial charge in [-0.15, -0.1) is 21.8 Å². The first-order valence-electron chi connectivity index (χ1n) is 5.99. The Morgan fingerprint density at radius 3 is 2.76 bits per heavy atom. The summed E-state index contributed by atoms with van der Waals surface area (Å²) in [5.41, 5.74) is 0.403. The molecule has 0 unspecified atom stereocenters. The molecule has 0 atom stereocenters. The van der Waals surface area contributed by atoms with Crippen LogP contribution in [0.3, 0.4) is 0 Å². The number of nitro groups is 1. The Balaban J connectivity index is 2.50. The van der Waals surface area contributed by atoms with E-state index in [1.165, 1.54) is 12.1 Å². The molecule has 1 heterocycles. The highest BCUT2D eigenvalue weighted by Crippen LogP contribution is 2.28. The van der Waals surface area contributed by atoms with Gasteiger partial charge in [0.2, 0.25) is 0 Å². The predicted octanol–water partition coefficient (Wildman–Crippen LogP) is 2.89. The van der Waals surface area contributed by atoms with Gasteiger partial charge in [0.15, 0.2) is 5.82 Å². The summed E-state index contributed by atoms with van der Waals surface area (Å²) in [5.74, 6) is 1.21. The molecule has 7 nitrogen and oxygen atoms in total. The number of aromatic nitrogens is 3. The summed E-state index contributed by atoms with van der Waals surface area (Å²) in [7, 11) is 1.58. The molecular formula is C12H12Cl2N4O3. The van der Waals surface area contributed by atoms with Crippen molar-refractivity contribution < 1.29 is 9.66 Å². The third-order valence-corrected chi connectivity index (χ3v) is 3.27. The quantitative estimate of drug-likeness (QED) is 0.462. The van der Waals surface area contributed by atoms with E-state index in [1.54, 1.807) is 17.7 Å². The molecule has 0 fully saturated rings. The molecule has 0 bridgehead atoms. The van der Waals surface area contributed by atoms with Crippen LogP contribution in [0.2, 0.25) is 5.02 Å². The number of methoxy groups -OCH3 is 1. The number of ether oxygens (including phenoxy) is 1. The molecule has 0 aliphatic rings. The molecule has 2 aromatic rings. The zero-order chi connectivity index (χ0) is 15.4. The van der Waals surface area contributed by atoms with Crippen molar-refractivity contribution in [1.82, 2.24) is 14.8 Å². The van der Waals surface area contributed by atoms with E-state index in [0.29, 0.717) is 30.4 Å². The van der Waals surface area contributed by atoms with Gasteiger partial charge in [-0.1, -0.05) is 11.6 Å². The van der Waals surface area contributed by atoms with E-state index in [9.17, 15) is 10.1 Å². The minimum Gasteiger partial charge on any atom is -0.383 e. The molecule has 112 valence electrons. The number of halogens is 2. The van der Waals surface area contributed by atoms with Crippen molar-refractivity contribution >= 4 is 28.9 Å². The van der Waals surface area contributed by atoms with Crippen molar-refractivity contribution in [3.8, 4) is 11.4 Å². The van der Waals surface area contributed by atoms with E-state index < -0.39 is 4.92 Å². The van der Waals surface area contributed by atoms with E-state index in [-0.39, 0.29) is 16.6 Å². The van der Waals surface area contributed by atoms with Crippen molar-refractivity contribution in [3.05, 3.63) is 39.2 Å². The Labute approximate surface area is 130 Å². The zero-order valence-corrected chi connectivity index (χ0v) is 12.6. The molecule has 0 amide bonds. The standard InChI is InChI=1S/C12H12Cl2N4O3/c1-21-3-2-17-11(7-13)15-16-12(17)8-4-9(14)6-10(5-8)18(19)20/h4-6H,2-3,7H2,1H3. The van der Waals surface area contributed by atoms with Crippen LogP contribution < -0.4 is 0 Å². The lowest BCUT2D eigenvalue weighted by Crippen LogP contribution is -2.09. The molecule has 0 saturated carbocycles. The third-order valence-electron chi connectivity index (χ3n) is 2.82. The van der Waals surface area contributed by atoms with Crippen LogP contribution in [0.1, 0.15) is 5.82 Å². The summed E-state index contributed by atoms with van der Waals surface area (Å²) in [5, 5.41) is 19.2. The van der Waals surface area contributed by atoms with Gasteiger partial charge in [0.1, 0.15) is 5.82 Å². The molecule has 0 N–H and O–H groups in total. The Kier molecular flexibility index (Phi) is 5.11. The van der Waals surface area contributed by atoms with Gasteiger partial charge < -0.3 is 9.30 Å². The number of hydrogen-bond donors (Lipinski definition) is 0. The monoisotopic (exact) mass is 330 g/mol. The van der Waals surface area contributed by atoms with Crippen LogP contribution in [0.5, 0.6) is 0 Å². The van der Waals surface area contributed by atoms with Crippen molar-refractivity contribution in [2.75, 3.05) is 13.7 Å². The molecular weight excluding hydrogens is 319 g/mol. The molecule has 0 aliphatic heterocycles. The Bertz CT molecular complexity index is 660. The number of benzene rings is 1. The average molecular weight is 331 g/mol. The number of nitrogens with zero attached hydrogens (tertiary/aromatic N) is 4. The highest BCUT2D eigenvalue weighted by molar-refractivity contribution is 6.31. The van der Waals surface area contributed by atoms with Crippen molar-refractivity contribution in [3.63, 3.8) is 0 Å². The van der Waals surface area contributed by atoms with Crippen LogP contribution in [-0.4, -0.2) is 33.4 Å². The van der Waals surface area contributed by atoms with Crippen LogP contribution in [0.4, 0.5) is 5.69 Å². The normalized spacial score (nSPS) is 10.8. The van der Waals surface area contributed by atoms with E-state index in [4.69, 9.17) is 27.9 Å². The van der Waals surface area contributed by atoms with Crippen molar-refractivity contribution in [2.24, 2.45) is 0 Å². The number of alkyl halides is 1. The fourth-order valence-corrected chi connectivity index (χ4v) is 2.30. The van der Waals surface area contributed by atoms with Crippen molar-refractivity contribution in [1.29, 1.82) is 0 Å². The van der Waals surface area contributed by atoms with E-state index in [0.717, 1.165) is 0 Å². The Morgan fingerprint density at radius 2 is 2.14 bits per heavy atom. The minimum atomic E-state index is -0.506. The smallest absolute Gasteiger partial charge is 0.271 e. The second kappa shape index (κ2) is 6.84. The van der Waals surface area contributed by atoms with Crippen LogP contribution in [0, 0.1) is 10.1 Å². The van der Waals surface area contributed by atoms with Crippen LogP contribution in [-0.2, 0) is 17.2 Å². The van der Waals surface area contributed by atoms with Gasteiger partial charge in [-0.2, -0.15) is 0 Å². The first-order chi connectivity index (χ1) is 10.1. The van der Waals surface area contributed by atoms with Crippen LogP contribution >= 0.6 is 23.2 Å². The second-order valence-electron chi connectivity index (χ2n) is 4.17. The average Bonchev–Trinajstić information content (AvgIpc) is 2.87. The highest BCUT2D eigenvalue weighted by atomic mass is 35.5. The molecule has 21 heavy (non-hydrogen) atoms. The molecule has 9 heteroatoms. The zero-order valence-electron chi connectivity index (χ0n) is 11.1. The molecule has 0 saturated heterocycles. The van der Waals surface area contributed by atoms with Crippen LogP contribution in [0.25, 0.3) is 11.4 Å². The van der Waals surface area contributed by atoms with Gasteiger partial charge in [0, 0.05) is 36.4 Å². The summed E-state index contributed by atoms with van der Waals surface area (Å²) >= 11 is 11.8. The van der Waals surface area contributed by atoms with E-state index in [1.807, 2.05) is 0 Å². The maximum atomic E-state index is 10.9. The maximum absolute atomic E-state index is 10.9. The van der Waals surface area contributed by atoms with Gasteiger partial charge in [0.25, 0.3) is 5.69 Å². The number of rotatable bonds is 6. The summed E-state index contributed by atoms with van der Waals surface area (Å²) in [4.78, 5) is 10.4. The summed E-state index contributed by atoms with van der Waals surface area (Å²) in [6.45, 7) is 0.929. The number of non-ortho nitro benzene ring substituents is 1. The van der Waals surface area contributed by atoms with E-state index >= 15 is 0 Å². The fraction of sp³-hybridized carbons (Fsp3) is 0.333. The lowest BCUT2D eigenvalue weighted by Gasteiger charge is -2.09. The van der Waals surface area contributed by atoms with Crippen LogP contribution in [0.15, 0.2) is 18.2 Å². The lowest BCUT2D eigenvalue weighted by atomic mass is 10.2. The Morgan fingerprint density at radius 1 is 1.38 bits per heavy atom. The SMILES string of the molecule is COCCn1c(CCl)nnc1-c1cc(Cl)cc([N+](=O)[O-])c1. The summed E-state index contributed by atoms with van der Waals surface area (Å²) < 4.78 is 6.79. The third kappa shape index (κ3) is 3.49. The molecule has 0 aliphatic carbocycles. The molecule has 2 rings (SSSR count). The second-order valence-corrected chi connectivity index (χ2v) is 4.88. The molecule has 1 aromatic heterocycles. The topological polar surface area (TPSA) is 83.1 Å². The molecule has 0 radical (unpaired) electrons. The van der Waals surface area contributed by atoms with Gasteiger partial charge in [-0.05, 0) is 6.07 Å². The largest absolute Gasteiger partial charge is 0.383 e. The predicted molar refractivity (Wildman–Crippen MR) is 78.6 cm³/mol. The van der Waals surface area contributed by atoms with Gasteiger partial charge in [-0.25, -0.2) is 0 Å². The van der Waals surface area contributed by atoms with Crippen molar-refractivity contribution in [2.45, 2.75) is 12.4 Å². The van der Waals surface area contributed by atoms with Gasteiger partial charge in [0.05, 0.1) is 17.4 Å². The maximum Gasteiger partial charge on any atom is 0.271 e. The minimum absolute atomic E-state index is 0.105. The number of hydrogen-bond acceptors (Lipinski definition) is 5.